The summed E-state index contributed by atoms with van der Waals surface area (Å²) in [6.45, 7) is 0. The number of benzene rings is 7. The Morgan fingerprint density at radius 2 is 0.688 bits per heavy atom. The summed E-state index contributed by atoms with van der Waals surface area (Å²) in [4.78, 5) is 10.1. The molecule has 48 heavy (non-hydrogen) atoms. The number of fused-ring (bicyclic) bond motifs is 4. The number of nitrogens with zero attached hydrogens (tertiary/aromatic N) is 2. The zero-order chi connectivity index (χ0) is 31.9. The number of aromatic nitrogens is 2. The summed E-state index contributed by atoms with van der Waals surface area (Å²) >= 11 is 0. The van der Waals surface area contributed by atoms with E-state index in [1.165, 1.54) is 49.7 Å². The van der Waals surface area contributed by atoms with Gasteiger partial charge >= 0.3 is 0 Å². The molecule has 0 aliphatic heterocycles. The van der Waals surface area contributed by atoms with Gasteiger partial charge in [-0.2, -0.15) is 0 Å². The fourth-order valence-corrected chi connectivity index (χ4v) is 6.88. The van der Waals surface area contributed by atoms with Crippen molar-refractivity contribution in [3.63, 3.8) is 0 Å². The molecule has 9 aromatic rings. The van der Waals surface area contributed by atoms with E-state index in [0.29, 0.717) is 0 Å². The third-order valence-electron chi connectivity index (χ3n) is 9.31. The zero-order valence-corrected chi connectivity index (χ0v) is 26.2. The van der Waals surface area contributed by atoms with Gasteiger partial charge in [0.15, 0.2) is 0 Å². The first-order valence-electron chi connectivity index (χ1n) is 16.3. The van der Waals surface area contributed by atoms with Crippen molar-refractivity contribution in [2.75, 3.05) is 0 Å². The van der Waals surface area contributed by atoms with Crippen molar-refractivity contribution in [1.29, 1.82) is 0 Å². The van der Waals surface area contributed by atoms with Gasteiger partial charge in [-0.25, -0.2) is 0 Å². The monoisotopic (exact) mass is 610 g/mol. The summed E-state index contributed by atoms with van der Waals surface area (Å²) < 4.78 is 0. The molecule has 9 rings (SSSR count). The molecule has 0 fully saturated rings. The van der Waals surface area contributed by atoms with Crippen LogP contribution in [-0.4, -0.2) is 9.97 Å². The van der Waals surface area contributed by atoms with Crippen LogP contribution in [0, 0.1) is 0 Å². The minimum absolute atomic E-state index is 0.911. The van der Waals surface area contributed by atoms with Gasteiger partial charge in [-0.05, 0) is 85.6 Å². The van der Waals surface area contributed by atoms with Crippen LogP contribution in [-0.2, 0) is 0 Å². The summed E-state index contributed by atoms with van der Waals surface area (Å²) in [5.74, 6) is 0. The first kappa shape index (κ1) is 27.9. The fourth-order valence-electron chi connectivity index (χ4n) is 6.88. The lowest BCUT2D eigenvalue weighted by Crippen LogP contribution is -1.91. The van der Waals surface area contributed by atoms with Gasteiger partial charge in [0, 0.05) is 34.3 Å². The predicted molar refractivity (Wildman–Crippen MR) is 202 cm³/mol. The lowest BCUT2D eigenvalue weighted by atomic mass is 9.91. The summed E-state index contributed by atoms with van der Waals surface area (Å²) in [6.07, 6.45) is 3.99. The maximum atomic E-state index is 5.04. The van der Waals surface area contributed by atoms with Crippen LogP contribution in [0.1, 0.15) is 0 Å². The first-order chi connectivity index (χ1) is 23.8. The fraction of sp³-hybridized carbons (Fsp3) is 0. The number of pyridine rings is 2. The van der Waals surface area contributed by atoms with E-state index < -0.39 is 0 Å². The average molecular weight is 611 g/mol. The summed E-state index contributed by atoms with van der Waals surface area (Å²) in [6, 6.07) is 60.5. The van der Waals surface area contributed by atoms with Gasteiger partial charge < -0.3 is 0 Å². The molecule has 224 valence electrons. The van der Waals surface area contributed by atoms with E-state index in [4.69, 9.17) is 9.97 Å². The van der Waals surface area contributed by atoms with E-state index in [1.54, 1.807) is 0 Å². The van der Waals surface area contributed by atoms with Crippen molar-refractivity contribution >= 4 is 32.6 Å². The Morgan fingerprint density at radius 3 is 1.25 bits per heavy atom. The smallest absolute Gasteiger partial charge is 0.0965 e. The van der Waals surface area contributed by atoms with Crippen LogP contribution in [0.4, 0.5) is 0 Å². The van der Waals surface area contributed by atoms with Gasteiger partial charge in [0.05, 0.1) is 11.0 Å². The average Bonchev–Trinajstić information content (AvgIpc) is 3.17. The lowest BCUT2D eigenvalue weighted by Gasteiger charge is -2.14. The Bertz CT molecular complexity index is 2590. The number of rotatable bonds is 5. The van der Waals surface area contributed by atoms with Crippen molar-refractivity contribution in [3.8, 4) is 55.6 Å². The normalized spacial score (nSPS) is 11.3. The van der Waals surface area contributed by atoms with Crippen LogP contribution in [0.15, 0.2) is 182 Å². The molecule has 0 saturated heterocycles. The molecule has 0 aliphatic rings. The Morgan fingerprint density at radius 1 is 0.250 bits per heavy atom. The van der Waals surface area contributed by atoms with E-state index in [2.05, 4.69) is 170 Å². The highest BCUT2D eigenvalue weighted by molar-refractivity contribution is 6.06. The molecule has 0 saturated carbocycles. The summed E-state index contributed by atoms with van der Waals surface area (Å²) in [5.41, 5.74) is 13.5. The highest BCUT2D eigenvalue weighted by atomic mass is 14.7. The highest BCUT2D eigenvalue weighted by Gasteiger charge is 2.14. The minimum Gasteiger partial charge on any atom is -0.253 e. The second kappa shape index (κ2) is 11.8. The molecule has 0 N–H and O–H groups in total. The maximum Gasteiger partial charge on any atom is 0.0965 e. The Labute approximate surface area is 279 Å². The van der Waals surface area contributed by atoms with E-state index >= 15 is 0 Å². The summed E-state index contributed by atoms with van der Waals surface area (Å²) in [5, 5.41) is 4.59. The zero-order valence-electron chi connectivity index (χ0n) is 26.2. The van der Waals surface area contributed by atoms with Gasteiger partial charge in [-0.3, -0.25) is 9.97 Å². The van der Waals surface area contributed by atoms with Crippen LogP contribution in [0.25, 0.3) is 88.2 Å². The second-order valence-electron chi connectivity index (χ2n) is 12.3. The third kappa shape index (κ3) is 5.01. The van der Waals surface area contributed by atoms with E-state index in [0.717, 1.165) is 38.5 Å². The SMILES string of the molecule is c1ccc(-c2ccc(-c3cnc4c(ccc5cc(-c6cc7ccccc7cc6-c6ccccc6)cnc54)c3)cc2-c2ccccc2)cc1. The molecule has 0 atom stereocenters. The number of hydrogen-bond donors (Lipinski definition) is 0. The van der Waals surface area contributed by atoms with E-state index in [-0.39, 0.29) is 0 Å². The van der Waals surface area contributed by atoms with Crippen molar-refractivity contribution in [2.24, 2.45) is 0 Å². The van der Waals surface area contributed by atoms with Crippen LogP contribution in [0.2, 0.25) is 0 Å². The summed E-state index contributed by atoms with van der Waals surface area (Å²) in [7, 11) is 0. The van der Waals surface area contributed by atoms with Crippen LogP contribution in [0.3, 0.4) is 0 Å². The molecule has 2 nitrogen and oxygen atoms in total. The molecule has 0 spiro atoms. The van der Waals surface area contributed by atoms with Crippen molar-refractivity contribution in [1.82, 2.24) is 9.97 Å². The third-order valence-corrected chi connectivity index (χ3v) is 9.31. The second-order valence-corrected chi connectivity index (χ2v) is 12.3. The van der Waals surface area contributed by atoms with Gasteiger partial charge in [0.2, 0.25) is 0 Å². The Balaban J connectivity index is 1.14. The minimum atomic E-state index is 0.911. The quantitative estimate of drug-likeness (QED) is 0.181. The van der Waals surface area contributed by atoms with Gasteiger partial charge in [0.25, 0.3) is 0 Å². The largest absolute Gasteiger partial charge is 0.253 e. The van der Waals surface area contributed by atoms with Crippen molar-refractivity contribution in [3.05, 3.63) is 182 Å². The topological polar surface area (TPSA) is 25.8 Å². The molecule has 0 radical (unpaired) electrons. The van der Waals surface area contributed by atoms with E-state index in [1.807, 2.05) is 12.4 Å². The van der Waals surface area contributed by atoms with Crippen LogP contribution >= 0.6 is 0 Å². The molecular formula is C46H30N2. The van der Waals surface area contributed by atoms with Gasteiger partial charge in [0.1, 0.15) is 0 Å². The Kier molecular flexibility index (Phi) is 6.84. The number of hydrogen-bond acceptors (Lipinski definition) is 2. The van der Waals surface area contributed by atoms with Crippen molar-refractivity contribution in [2.45, 2.75) is 0 Å². The molecule has 0 amide bonds. The van der Waals surface area contributed by atoms with Gasteiger partial charge in [-0.1, -0.05) is 140 Å². The first-order valence-corrected chi connectivity index (χ1v) is 16.3. The molecule has 0 bridgehead atoms. The maximum absolute atomic E-state index is 5.04. The highest BCUT2D eigenvalue weighted by Crippen LogP contribution is 2.39. The molecule has 0 unspecified atom stereocenters. The molecular weight excluding hydrogens is 581 g/mol. The lowest BCUT2D eigenvalue weighted by molar-refractivity contribution is 1.37. The molecule has 2 heterocycles. The molecule has 0 aliphatic carbocycles. The van der Waals surface area contributed by atoms with Crippen LogP contribution < -0.4 is 0 Å². The predicted octanol–water partition coefficient (Wildman–Crippen LogP) is 12.3. The van der Waals surface area contributed by atoms with E-state index in [9.17, 15) is 0 Å². The molecule has 2 aromatic heterocycles. The standard InChI is InChI=1S/C46H30N2/c1-4-12-31(13-5-1)41-23-22-36(28-42(41)32-14-6-2-7-15-32)39-24-37-20-21-38-25-40(30-48-46(38)45(37)47-29-39)44-27-35-19-11-10-18-34(35)26-43(44)33-16-8-3-9-17-33/h1-30H. The van der Waals surface area contributed by atoms with Crippen LogP contribution in [0.5, 0.6) is 0 Å². The van der Waals surface area contributed by atoms with Crippen molar-refractivity contribution < 1.29 is 0 Å². The Hall–Kier alpha value is -6.38. The van der Waals surface area contributed by atoms with Gasteiger partial charge in [-0.15, -0.1) is 0 Å². The molecule has 7 aromatic carbocycles. The molecule has 2 heteroatoms.